The molecule has 0 fully saturated rings. The van der Waals surface area contributed by atoms with E-state index >= 15 is 0 Å². The second kappa shape index (κ2) is 5.07. The first-order valence-corrected chi connectivity index (χ1v) is 4.65. The van der Waals surface area contributed by atoms with Crippen molar-refractivity contribution < 1.29 is 4.79 Å². The number of aryl methyl sites for hydroxylation is 1. The van der Waals surface area contributed by atoms with Crippen molar-refractivity contribution in [3.63, 3.8) is 0 Å². The molecule has 5 heteroatoms. The Morgan fingerprint density at radius 2 is 2.57 bits per heavy atom. The third-order valence-electron chi connectivity index (χ3n) is 1.47. The van der Waals surface area contributed by atoms with Gasteiger partial charge in [0.05, 0.1) is 16.3 Å². The standard InChI is InChI=1S/C9H7N3OS/c1-7-5-8(6-13)14-9(7)3-2-4-11-12-10/h5-6H,4H2,1H3. The largest absolute Gasteiger partial charge is 0.297 e. The van der Waals surface area contributed by atoms with Crippen LogP contribution in [0.4, 0.5) is 0 Å². The minimum Gasteiger partial charge on any atom is -0.297 e. The van der Waals surface area contributed by atoms with Crippen LogP contribution in [0.3, 0.4) is 0 Å². The number of hydrogen-bond donors (Lipinski definition) is 0. The van der Waals surface area contributed by atoms with E-state index in [1.807, 2.05) is 6.92 Å². The van der Waals surface area contributed by atoms with Gasteiger partial charge in [-0.1, -0.05) is 17.0 Å². The molecule has 0 aliphatic heterocycles. The van der Waals surface area contributed by atoms with Crippen LogP contribution in [0.5, 0.6) is 0 Å². The van der Waals surface area contributed by atoms with Crippen molar-refractivity contribution >= 4 is 17.6 Å². The van der Waals surface area contributed by atoms with Crippen molar-refractivity contribution in [2.24, 2.45) is 5.11 Å². The zero-order chi connectivity index (χ0) is 10.4. The maximum atomic E-state index is 10.4. The fourth-order valence-corrected chi connectivity index (χ4v) is 1.74. The maximum absolute atomic E-state index is 10.4. The summed E-state index contributed by atoms with van der Waals surface area (Å²) in [4.78, 5) is 14.5. The number of thiophene rings is 1. The molecule has 0 N–H and O–H groups in total. The van der Waals surface area contributed by atoms with E-state index in [-0.39, 0.29) is 6.54 Å². The Morgan fingerprint density at radius 1 is 1.79 bits per heavy atom. The van der Waals surface area contributed by atoms with E-state index in [0.717, 1.165) is 16.7 Å². The number of rotatable bonds is 2. The molecule has 4 nitrogen and oxygen atoms in total. The van der Waals surface area contributed by atoms with Gasteiger partial charge < -0.3 is 0 Å². The average Bonchev–Trinajstić information content (AvgIpc) is 2.54. The molecule has 0 amide bonds. The van der Waals surface area contributed by atoms with Gasteiger partial charge in [-0.15, -0.1) is 11.3 Å². The van der Waals surface area contributed by atoms with Gasteiger partial charge in [-0.3, -0.25) is 4.79 Å². The van der Waals surface area contributed by atoms with E-state index < -0.39 is 0 Å². The lowest BCUT2D eigenvalue weighted by Crippen LogP contribution is -1.72. The Bertz CT molecular complexity index is 446. The normalized spacial score (nSPS) is 8.36. The van der Waals surface area contributed by atoms with Crippen LogP contribution in [-0.4, -0.2) is 12.8 Å². The van der Waals surface area contributed by atoms with Crippen LogP contribution in [0, 0.1) is 18.8 Å². The van der Waals surface area contributed by atoms with E-state index in [0.29, 0.717) is 4.88 Å². The number of carbonyl (C=O) groups is 1. The summed E-state index contributed by atoms with van der Waals surface area (Å²) >= 11 is 1.34. The predicted octanol–water partition coefficient (Wildman–Crippen LogP) is 2.53. The van der Waals surface area contributed by atoms with Crippen molar-refractivity contribution in [1.29, 1.82) is 0 Å². The van der Waals surface area contributed by atoms with E-state index in [9.17, 15) is 4.79 Å². The minimum atomic E-state index is 0.157. The molecule has 0 bridgehead atoms. The quantitative estimate of drug-likeness (QED) is 0.240. The molecule has 70 valence electrons. The smallest absolute Gasteiger partial charge is 0.160 e. The van der Waals surface area contributed by atoms with Crippen molar-refractivity contribution in [2.75, 3.05) is 6.54 Å². The lowest BCUT2D eigenvalue weighted by atomic mass is 10.3. The molecule has 0 unspecified atom stereocenters. The number of aldehydes is 1. The highest BCUT2D eigenvalue weighted by Crippen LogP contribution is 2.18. The van der Waals surface area contributed by atoms with Crippen LogP contribution in [0.1, 0.15) is 20.1 Å². The molecule has 0 saturated heterocycles. The molecule has 0 radical (unpaired) electrons. The Labute approximate surface area is 85.2 Å². The molecular weight excluding hydrogens is 198 g/mol. The zero-order valence-corrected chi connectivity index (χ0v) is 8.34. The first-order valence-electron chi connectivity index (χ1n) is 3.83. The molecule has 1 heterocycles. The Balaban J connectivity index is 2.83. The molecule has 0 spiro atoms. The van der Waals surface area contributed by atoms with E-state index in [2.05, 4.69) is 21.9 Å². The summed E-state index contributed by atoms with van der Waals surface area (Å²) in [5, 5.41) is 3.29. The molecule has 1 aromatic rings. The highest BCUT2D eigenvalue weighted by atomic mass is 32.1. The number of nitrogens with zero attached hydrogens (tertiary/aromatic N) is 3. The number of hydrogen-bond acceptors (Lipinski definition) is 3. The lowest BCUT2D eigenvalue weighted by Gasteiger charge is -1.82. The maximum Gasteiger partial charge on any atom is 0.160 e. The molecule has 1 rings (SSSR count). The van der Waals surface area contributed by atoms with Gasteiger partial charge in [-0.25, -0.2) is 0 Å². The Kier molecular flexibility index (Phi) is 3.74. The van der Waals surface area contributed by atoms with Gasteiger partial charge in [-0.05, 0) is 24.1 Å². The Hall–Kier alpha value is -1.76. The van der Waals surface area contributed by atoms with E-state index in [1.54, 1.807) is 6.07 Å². The monoisotopic (exact) mass is 205 g/mol. The molecule has 0 aromatic carbocycles. The van der Waals surface area contributed by atoms with Crippen LogP contribution < -0.4 is 0 Å². The van der Waals surface area contributed by atoms with Gasteiger partial charge in [0.1, 0.15) is 0 Å². The third-order valence-corrected chi connectivity index (χ3v) is 2.55. The second-order valence-electron chi connectivity index (χ2n) is 2.47. The van der Waals surface area contributed by atoms with Gasteiger partial charge in [0.25, 0.3) is 0 Å². The summed E-state index contributed by atoms with van der Waals surface area (Å²) in [6.07, 6.45) is 0.802. The van der Waals surface area contributed by atoms with Crippen LogP contribution in [0.15, 0.2) is 11.2 Å². The second-order valence-corrected chi connectivity index (χ2v) is 3.55. The first kappa shape index (κ1) is 10.3. The summed E-state index contributed by atoms with van der Waals surface area (Å²) in [5.41, 5.74) is 8.98. The van der Waals surface area contributed by atoms with Crippen molar-refractivity contribution in [3.05, 3.63) is 31.8 Å². The summed E-state index contributed by atoms with van der Waals surface area (Å²) < 4.78 is 0. The molecule has 0 aliphatic carbocycles. The molecule has 14 heavy (non-hydrogen) atoms. The number of carbonyl (C=O) groups excluding carboxylic acids is 1. The van der Waals surface area contributed by atoms with Crippen molar-refractivity contribution in [2.45, 2.75) is 6.92 Å². The summed E-state index contributed by atoms with van der Waals surface area (Å²) in [6.45, 7) is 2.05. The molecule has 0 atom stereocenters. The van der Waals surface area contributed by atoms with Gasteiger partial charge in [0.15, 0.2) is 6.29 Å². The zero-order valence-electron chi connectivity index (χ0n) is 7.52. The fraction of sp³-hybridized carbons (Fsp3) is 0.222. The molecule has 0 saturated carbocycles. The van der Waals surface area contributed by atoms with E-state index in [4.69, 9.17) is 5.53 Å². The molecule has 1 aromatic heterocycles. The highest BCUT2D eigenvalue weighted by molar-refractivity contribution is 7.14. The first-order chi connectivity index (χ1) is 6.77. The molecule has 0 aliphatic rings. The third kappa shape index (κ3) is 2.63. The Morgan fingerprint density at radius 3 is 3.14 bits per heavy atom. The lowest BCUT2D eigenvalue weighted by molar-refractivity contribution is 0.112. The van der Waals surface area contributed by atoms with Gasteiger partial charge in [-0.2, -0.15) is 0 Å². The van der Waals surface area contributed by atoms with Gasteiger partial charge >= 0.3 is 0 Å². The molecular formula is C9H7N3OS. The fourth-order valence-electron chi connectivity index (χ4n) is 0.876. The summed E-state index contributed by atoms with van der Waals surface area (Å²) in [6, 6.07) is 1.79. The topological polar surface area (TPSA) is 65.8 Å². The highest BCUT2D eigenvalue weighted by Gasteiger charge is 2.00. The van der Waals surface area contributed by atoms with Gasteiger partial charge in [0, 0.05) is 4.91 Å². The number of azide groups is 1. The van der Waals surface area contributed by atoms with Crippen molar-refractivity contribution in [1.82, 2.24) is 0 Å². The van der Waals surface area contributed by atoms with Crippen LogP contribution in [0.25, 0.3) is 10.4 Å². The average molecular weight is 205 g/mol. The van der Waals surface area contributed by atoms with Gasteiger partial charge in [0.2, 0.25) is 0 Å². The van der Waals surface area contributed by atoms with Crippen LogP contribution in [0.2, 0.25) is 0 Å². The predicted molar refractivity (Wildman–Crippen MR) is 55.3 cm³/mol. The van der Waals surface area contributed by atoms with Crippen LogP contribution >= 0.6 is 11.3 Å². The minimum absolute atomic E-state index is 0.157. The summed E-state index contributed by atoms with van der Waals surface area (Å²) in [5.74, 6) is 5.55. The SMILES string of the molecule is Cc1cc(C=O)sc1C#CCN=[N+]=[N-]. The summed E-state index contributed by atoms with van der Waals surface area (Å²) in [7, 11) is 0. The van der Waals surface area contributed by atoms with Crippen molar-refractivity contribution in [3.8, 4) is 11.8 Å². The van der Waals surface area contributed by atoms with Crippen LogP contribution in [-0.2, 0) is 0 Å². The van der Waals surface area contributed by atoms with E-state index in [1.165, 1.54) is 11.3 Å².